The van der Waals surface area contributed by atoms with Crippen LogP contribution in [-0.2, 0) is 4.79 Å². The molecule has 0 spiro atoms. The lowest BCUT2D eigenvalue weighted by atomic mass is 9.84. The molecule has 4 heterocycles. The van der Waals surface area contributed by atoms with E-state index >= 15 is 0 Å². The van der Waals surface area contributed by atoms with Gasteiger partial charge in [-0.1, -0.05) is 18.2 Å². The molecule has 53 heavy (non-hydrogen) atoms. The third-order valence-electron chi connectivity index (χ3n) is 10.7. The van der Waals surface area contributed by atoms with Gasteiger partial charge in [-0.3, -0.25) is 0 Å². The lowest BCUT2D eigenvalue weighted by Gasteiger charge is -2.43. The molecule has 0 fully saturated rings. The molecule has 0 saturated carbocycles. The largest absolute Gasteiger partial charge is 0.494 e. The number of hydrogen-bond acceptors (Lipinski definition) is 7. The first-order valence-electron chi connectivity index (χ1n) is 18.6. The summed E-state index contributed by atoms with van der Waals surface area (Å²) in [5.41, 5.74) is 9.14. The van der Waals surface area contributed by atoms with Gasteiger partial charge in [0.05, 0.1) is 18.2 Å². The number of nitrogens with zero attached hydrogens (tertiary/aromatic N) is 3. The van der Waals surface area contributed by atoms with Crippen molar-refractivity contribution in [2.75, 3.05) is 24.6 Å². The summed E-state index contributed by atoms with van der Waals surface area (Å²) in [7, 11) is 0. The van der Waals surface area contributed by atoms with Crippen LogP contribution in [0, 0.1) is 0 Å². The minimum atomic E-state index is -0.554. The molecule has 4 aromatic rings. The van der Waals surface area contributed by atoms with Crippen molar-refractivity contribution in [1.29, 1.82) is 0 Å². The third-order valence-corrected chi connectivity index (χ3v) is 10.7. The van der Waals surface area contributed by atoms with Gasteiger partial charge in [0, 0.05) is 78.2 Å². The number of rotatable bonds is 10. The quantitative estimate of drug-likeness (QED) is 0.117. The van der Waals surface area contributed by atoms with Crippen molar-refractivity contribution in [3.8, 4) is 29.0 Å². The molecule has 7 rings (SSSR count). The number of carbonyl (C=O) groups excluding carboxylic acids is 1. The smallest absolute Gasteiger partial charge is 0.333 e. The van der Waals surface area contributed by atoms with E-state index in [1.54, 1.807) is 0 Å². The van der Waals surface area contributed by atoms with Gasteiger partial charge in [-0.2, -0.15) is 0 Å². The van der Waals surface area contributed by atoms with Gasteiger partial charge in [-0.05, 0) is 101 Å². The molecule has 3 aliphatic rings. The standard InChI is InChI=1S/C44H49N3O6/c1-9-45-35-23-37-33(21-31(35)27(3)25-43(45,5)6)42(34-22-32-28(4)26-44(7,8)46(10-2)36(32)24-38(34)52-37)29-14-16-30(17-15-29)51-20-12-11-13-41(50)53-47-39(48)18-19-40(47)49/h14-19,21-26H,9-13,20H2,1-8H3,(H-,48,49)/p+1. The second-order valence-electron chi connectivity index (χ2n) is 15.3. The summed E-state index contributed by atoms with van der Waals surface area (Å²) >= 11 is 0. The molecule has 3 aliphatic heterocycles. The maximum absolute atomic E-state index is 12.2. The van der Waals surface area contributed by atoms with Crippen molar-refractivity contribution >= 4 is 28.4 Å². The summed E-state index contributed by atoms with van der Waals surface area (Å²) < 4.78 is 16.1. The number of allylic oxidation sites excluding steroid dienone is 2. The first kappa shape index (κ1) is 35.9. The number of carbonyl (C=O) groups is 1. The number of aromatic hydroxyl groups is 2. The Morgan fingerprint density at radius 3 is 2.21 bits per heavy atom. The van der Waals surface area contributed by atoms with Gasteiger partial charge in [0.2, 0.25) is 17.1 Å². The summed E-state index contributed by atoms with van der Waals surface area (Å²) in [4.78, 5) is 19.7. The number of likely N-dealkylation sites (N-methyl/N-ethyl adjacent to an activating group) is 2. The fourth-order valence-corrected chi connectivity index (χ4v) is 8.42. The Bertz CT molecular complexity index is 2290. The normalized spacial score (nSPS) is 16.4. The average molecular weight is 717 g/mol. The Hall–Kier alpha value is -5.44. The highest BCUT2D eigenvalue weighted by atomic mass is 16.7. The van der Waals surface area contributed by atoms with Gasteiger partial charge >= 0.3 is 5.97 Å². The van der Waals surface area contributed by atoms with E-state index in [9.17, 15) is 15.0 Å². The maximum atomic E-state index is 12.2. The number of anilines is 1. The summed E-state index contributed by atoms with van der Waals surface area (Å²) in [5, 5.41) is 21.6. The molecule has 0 bridgehead atoms. The van der Waals surface area contributed by atoms with Gasteiger partial charge in [0.1, 0.15) is 23.8 Å². The number of aromatic nitrogens is 1. The zero-order valence-corrected chi connectivity index (χ0v) is 32.0. The van der Waals surface area contributed by atoms with Crippen LogP contribution in [0.25, 0.3) is 16.7 Å². The minimum absolute atomic E-state index is 0.120. The monoisotopic (exact) mass is 716 g/mol. The maximum Gasteiger partial charge on any atom is 0.333 e. The van der Waals surface area contributed by atoms with E-state index < -0.39 is 5.97 Å². The fraction of sp³-hybridized carbons (Fsp3) is 0.364. The second kappa shape index (κ2) is 13.5. The molecule has 0 saturated heterocycles. The Morgan fingerprint density at radius 2 is 1.53 bits per heavy atom. The van der Waals surface area contributed by atoms with Crippen LogP contribution in [0.5, 0.6) is 29.0 Å². The number of benzene rings is 3. The van der Waals surface area contributed by atoms with Crippen molar-refractivity contribution in [3.63, 3.8) is 0 Å². The lowest BCUT2D eigenvalue weighted by Crippen LogP contribution is -2.49. The van der Waals surface area contributed by atoms with Crippen LogP contribution in [0.15, 0.2) is 72.8 Å². The van der Waals surface area contributed by atoms with E-state index in [4.69, 9.17) is 14.3 Å². The van der Waals surface area contributed by atoms with Gasteiger partial charge in [-0.25, -0.2) is 9.37 Å². The Kier molecular flexibility index (Phi) is 9.17. The van der Waals surface area contributed by atoms with E-state index in [0.29, 0.717) is 24.2 Å². The van der Waals surface area contributed by atoms with Crippen LogP contribution >= 0.6 is 0 Å². The molecule has 0 unspecified atom stereocenters. The summed E-state index contributed by atoms with van der Waals surface area (Å²) in [6.07, 6.45) is 6.00. The second-order valence-corrected chi connectivity index (χ2v) is 15.3. The highest BCUT2D eigenvalue weighted by Crippen LogP contribution is 2.46. The Labute approximate surface area is 311 Å². The molecule has 9 nitrogen and oxygen atoms in total. The first-order valence-corrected chi connectivity index (χ1v) is 18.6. The summed E-state index contributed by atoms with van der Waals surface area (Å²) in [6.45, 7) is 20.1. The van der Waals surface area contributed by atoms with E-state index in [-0.39, 0.29) is 29.3 Å². The Balaban J connectivity index is 1.22. The van der Waals surface area contributed by atoms with Gasteiger partial charge in [0.15, 0.2) is 5.54 Å². The Morgan fingerprint density at radius 1 is 0.830 bits per heavy atom. The molecule has 3 aromatic carbocycles. The van der Waals surface area contributed by atoms with Gasteiger partial charge in [-0.15, -0.1) is 4.73 Å². The highest BCUT2D eigenvalue weighted by molar-refractivity contribution is 5.92. The van der Waals surface area contributed by atoms with E-state index in [1.807, 2.05) is 12.1 Å². The predicted molar refractivity (Wildman–Crippen MR) is 209 cm³/mol. The number of fused-ring (bicyclic) bond motifs is 4. The van der Waals surface area contributed by atoms with Gasteiger partial charge < -0.3 is 29.4 Å². The topological polar surface area (TPSA) is 96.4 Å². The molecule has 2 N–H and O–H groups in total. The van der Waals surface area contributed by atoms with Gasteiger partial charge in [0.25, 0.3) is 0 Å². The first-order chi connectivity index (χ1) is 25.2. The zero-order valence-electron chi connectivity index (χ0n) is 32.0. The summed E-state index contributed by atoms with van der Waals surface area (Å²) in [5.74, 6) is 1.20. The van der Waals surface area contributed by atoms with Crippen LogP contribution in [-0.4, -0.2) is 51.7 Å². The third kappa shape index (κ3) is 6.47. The molecule has 9 heteroatoms. The van der Waals surface area contributed by atoms with Crippen LogP contribution in [0.1, 0.15) is 96.9 Å². The summed E-state index contributed by atoms with van der Waals surface area (Å²) in [6, 6.07) is 19.8. The van der Waals surface area contributed by atoms with E-state index in [1.165, 1.54) is 45.5 Å². The van der Waals surface area contributed by atoms with E-state index in [0.717, 1.165) is 52.3 Å². The molecule has 0 amide bonds. The fourth-order valence-electron chi connectivity index (χ4n) is 8.42. The lowest BCUT2D eigenvalue weighted by molar-refractivity contribution is -0.145. The van der Waals surface area contributed by atoms with Crippen molar-refractivity contribution < 1.29 is 29.3 Å². The van der Waals surface area contributed by atoms with Crippen molar-refractivity contribution in [3.05, 3.63) is 106 Å². The molecule has 276 valence electrons. The van der Waals surface area contributed by atoms with Crippen LogP contribution < -0.4 is 34.4 Å². The molecule has 0 aliphatic carbocycles. The zero-order chi connectivity index (χ0) is 37.8. The van der Waals surface area contributed by atoms with Crippen molar-refractivity contribution in [1.82, 2.24) is 9.31 Å². The van der Waals surface area contributed by atoms with Crippen LogP contribution in [0.4, 0.5) is 5.69 Å². The SMILES string of the molecule is CCN1c2cc3c(cc2C(C)=CC1(C)C)C(c1ccc(OCCCCC(=O)On2c(O)ccc2O)cc1)=c1cc2c(cc1O3)=[N+](CC)C(C)(C)C=C2C. The molecule has 0 atom stereocenters. The minimum Gasteiger partial charge on any atom is -0.494 e. The van der Waals surface area contributed by atoms with Crippen LogP contribution in [0.3, 0.4) is 0 Å². The molecule has 0 radical (unpaired) electrons. The number of hydrogen-bond donors (Lipinski definition) is 2. The average Bonchev–Trinajstić information content (AvgIpc) is 3.41. The van der Waals surface area contributed by atoms with Crippen LogP contribution in [0.2, 0.25) is 0 Å². The molecule has 1 aromatic heterocycles. The highest BCUT2D eigenvalue weighted by Gasteiger charge is 2.36. The van der Waals surface area contributed by atoms with Crippen molar-refractivity contribution in [2.24, 2.45) is 0 Å². The predicted octanol–water partition coefficient (Wildman–Crippen LogP) is 7.19. The number of ether oxygens (including phenoxy) is 2. The van der Waals surface area contributed by atoms with Crippen molar-refractivity contribution in [2.45, 2.75) is 85.7 Å². The number of unbranched alkanes of at least 4 members (excludes halogenated alkanes) is 1. The van der Waals surface area contributed by atoms with E-state index in [2.05, 4.69) is 113 Å². The molecular weight excluding hydrogens is 666 g/mol. The molecular formula is C44H50N3O6+.